The number of sulfonamides is 1. The van der Waals surface area contributed by atoms with E-state index >= 15 is 0 Å². The van der Waals surface area contributed by atoms with E-state index in [-0.39, 0.29) is 11.4 Å². The number of aromatic nitrogens is 1. The van der Waals surface area contributed by atoms with Crippen molar-refractivity contribution in [3.8, 4) is 11.3 Å². The molecule has 0 amide bonds. The van der Waals surface area contributed by atoms with E-state index in [9.17, 15) is 8.42 Å². The molecule has 112 valence electrons. The number of nitrogens with one attached hydrogen (secondary N) is 2. The van der Waals surface area contributed by atoms with Gasteiger partial charge in [-0.2, -0.15) is 0 Å². The fourth-order valence-electron chi connectivity index (χ4n) is 2.17. The Morgan fingerprint density at radius 2 is 1.59 bits per heavy atom. The summed E-state index contributed by atoms with van der Waals surface area (Å²) >= 11 is 0. The average Bonchev–Trinajstić information content (AvgIpc) is 3.09. The van der Waals surface area contributed by atoms with Gasteiger partial charge in [-0.3, -0.25) is 0 Å². The van der Waals surface area contributed by atoms with Crippen molar-refractivity contribution < 1.29 is 8.42 Å². The lowest BCUT2D eigenvalue weighted by Crippen LogP contribution is -2.23. The van der Waals surface area contributed by atoms with Crippen molar-refractivity contribution in [3.05, 3.63) is 78.5 Å². The van der Waals surface area contributed by atoms with Gasteiger partial charge >= 0.3 is 0 Å². The van der Waals surface area contributed by atoms with E-state index in [0.29, 0.717) is 0 Å². The third-order valence-corrected chi connectivity index (χ3v) is 4.80. The lowest BCUT2D eigenvalue weighted by atomic mass is 10.1. The topological polar surface area (TPSA) is 62.0 Å². The minimum Gasteiger partial charge on any atom is -0.361 e. The minimum absolute atomic E-state index is 0.266. The predicted octanol–water partition coefficient (Wildman–Crippen LogP) is 3.16. The number of aromatic amines is 1. The summed E-state index contributed by atoms with van der Waals surface area (Å²) in [6.45, 7) is 0.266. The normalized spacial score (nSPS) is 11.5. The summed E-state index contributed by atoms with van der Waals surface area (Å²) in [4.78, 5) is 3.42. The van der Waals surface area contributed by atoms with Crippen LogP contribution in [0.5, 0.6) is 0 Å². The highest BCUT2D eigenvalue weighted by atomic mass is 32.2. The van der Waals surface area contributed by atoms with Crippen LogP contribution in [0, 0.1) is 0 Å². The molecule has 0 saturated heterocycles. The molecule has 0 radical (unpaired) electrons. The highest BCUT2D eigenvalue weighted by Gasteiger charge is 2.12. The van der Waals surface area contributed by atoms with Crippen molar-refractivity contribution >= 4 is 10.0 Å². The largest absolute Gasteiger partial charge is 0.361 e. The lowest BCUT2D eigenvalue weighted by molar-refractivity contribution is 0.581. The van der Waals surface area contributed by atoms with Gasteiger partial charge in [0.1, 0.15) is 0 Å². The summed E-state index contributed by atoms with van der Waals surface area (Å²) in [5, 5.41) is 0. The Hall–Kier alpha value is -2.37. The predicted molar refractivity (Wildman–Crippen MR) is 86.7 cm³/mol. The van der Waals surface area contributed by atoms with E-state index in [1.807, 2.05) is 42.6 Å². The van der Waals surface area contributed by atoms with Crippen molar-refractivity contribution in [2.45, 2.75) is 11.4 Å². The smallest absolute Gasteiger partial charge is 0.240 e. The maximum Gasteiger partial charge on any atom is 0.240 e. The van der Waals surface area contributed by atoms with Crippen LogP contribution < -0.4 is 4.72 Å². The number of benzene rings is 2. The van der Waals surface area contributed by atoms with Gasteiger partial charge in [-0.25, -0.2) is 13.1 Å². The fourth-order valence-corrected chi connectivity index (χ4v) is 3.21. The highest BCUT2D eigenvalue weighted by Crippen LogP contribution is 2.17. The zero-order valence-electron chi connectivity index (χ0n) is 11.9. The van der Waals surface area contributed by atoms with Gasteiger partial charge in [0.25, 0.3) is 0 Å². The first kappa shape index (κ1) is 14.6. The summed E-state index contributed by atoms with van der Waals surface area (Å²) in [6, 6.07) is 20.1. The van der Waals surface area contributed by atoms with Crippen LogP contribution in [0.15, 0.2) is 77.8 Å². The van der Waals surface area contributed by atoms with Gasteiger partial charge in [0, 0.05) is 18.4 Å². The molecule has 0 unspecified atom stereocenters. The van der Waals surface area contributed by atoms with E-state index in [2.05, 4.69) is 9.71 Å². The maximum absolute atomic E-state index is 12.1. The molecule has 0 aliphatic rings. The Balaban J connectivity index is 1.69. The molecule has 2 aromatic carbocycles. The highest BCUT2D eigenvalue weighted by molar-refractivity contribution is 7.89. The van der Waals surface area contributed by atoms with Crippen LogP contribution in [-0.2, 0) is 16.6 Å². The second-order valence-corrected chi connectivity index (χ2v) is 6.69. The summed E-state index contributed by atoms with van der Waals surface area (Å²) in [7, 11) is -3.47. The molecular weight excluding hydrogens is 296 g/mol. The molecular formula is C17H16N2O2S. The van der Waals surface area contributed by atoms with E-state index in [0.717, 1.165) is 16.8 Å². The van der Waals surface area contributed by atoms with E-state index in [4.69, 9.17) is 0 Å². The molecule has 0 spiro atoms. The number of H-pyrrole nitrogens is 1. The number of hydrogen-bond acceptors (Lipinski definition) is 2. The number of hydrogen-bond donors (Lipinski definition) is 2. The van der Waals surface area contributed by atoms with Crippen LogP contribution >= 0.6 is 0 Å². The molecule has 0 bridgehead atoms. The Morgan fingerprint density at radius 1 is 0.864 bits per heavy atom. The molecule has 2 N–H and O–H groups in total. The standard InChI is InChI=1S/C17H16N2O2S/c20-22(21,16-5-2-1-3-6-16)19-13-14-8-10-15(11-9-14)17-7-4-12-18-17/h1-12,18-19H,13H2. The zero-order valence-corrected chi connectivity index (χ0v) is 12.7. The number of rotatable bonds is 5. The molecule has 0 aliphatic heterocycles. The van der Waals surface area contributed by atoms with Gasteiger partial charge < -0.3 is 4.98 Å². The van der Waals surface area contributed by atoms with E-state index in [1.54, 1.807) is 30.3 Å². The van der Waals surface area contributed by atoms with Gasteiger partial charge in [-0.15, -0.1) is 0 Å². The summed E-state index contributed by atoms with van der Waals surface area (Å²) in [6.07, 6.45) is 1.87. The Kier molecular flexibility index (Phi) is 4.09. The first-order valence-corrected chi connectivity index (χ1v) is 8.41. The van der Waals surface area contributed by atoms with Crippen LogP contribution in [0.3, 0.4) is 0 Å². The third-order valence-electron chi connectivity index (χ3n) is 3.38. The van der Waals surface area contributed by atoms with Gasteiger partial charge in [0.15, 0.2) is 0 Å². The Bertz CT molecular complexity index is 824. The van der Waals surface area contributed by atoms with E-state index < -0.39 is 10.0 Å². The van der Waals surface area contributed by atoms with Gasteiger partial charge in [-0.1, -0.05) is 42.5 Å². The van der Waals surface area contributed by atoms with Crippen LogP contribution in [0.1, 0.15) is 5.56 Å². The van der Waals surface area contributed by atoms with Gasteiger partial charge in [0.2, 0.25) is 10.0 Å². The minimum atomic E-state index is -3.47. The summed E-state index contributed by atoms with van der Waals surface area (Å²) < 4.78 is 26.9. The van der Waals surface area contributed by atoms with Crippen molar-refractivity contribution in [2.24, 2.45) is 0 Å². The van der Waals surface area contributed by atoms with E-state index in [1.165, 1.54) is 0 Å². The fraction of sp³-hybridized carbons (Fsp3) is 0.0588. The van der Waals surface area contributed by atoms with Gasteiger partial charge in [0.05, 0.1) is 4.90 Å². The summed E-state index contributed by atoms with van der Waals surface area (Å²) in [5.74, 6) is 0. The van der Waals surface area contributed by atoms with Gasteiger partial charge in [-0.05, 0) is 35.4 Å². The lowest BCUT2D eigenvalue weighted by Gasteiger charge is -2.07. The van der Waals surface area contributed by atoms with Crippen molar-refractivity contribution in [1.29, 1.82) is 0 Å². The Labute approximate surface area is 129 Å². The molecule has 0 atom stereocenters. The molecule has 3 aromatic rings. The van der Waals surface area contributed by atoms with Crippen LogP contribution in [-0.4, -0.2) is 13.4 Å². The second kappa shape index (κ2) is 6.17. The first-order chi connectivity index (χ1) is 10.6. The monoisotopic (exact) mass is 312 g/mol. The van der Waals surface area contributed by atoms with Crippen LogP contribution in [0.4, 0.5) is 0 Å². The zero-order chi connectivity index (χ0) is 15.4. The molecule has 3 rings (SSSR count). The maximum atomic E-state index is 12.1. The quantitative estimate of drug-likeness (QED) is 0.760. The van der Waals surface area contributed by atoms with Crippen molar-refractivity contribution in [3.63, 3.8) is 0 Å². The molecule has 1 aromatic heterocycles. The molecule has 22 heavy (non-hydrogen) atoms. The van der Waals surface area contributed by atoms with Crippen molar-refractivity contribution in [2.75, 3.05) is 0 Å². The first-order valence-electron chi connectivity index (χ1n) is 6.92. The molecule has 1 heterocycles. The van der Waals surface area contributed by atoms with Crippen LogP contribution in [0.2, 0.25) is 0 Å². The molecule has 0 saturated carbocycles. The third kappa shape index (κ3) is 3.27. The molecule has 0 fully saturated rings. The summed E-state index contributed by atoms with van der Waals surface area (Å²) in [5.41, 5.74) is 3.02. The van der Waals surface area contributed by atoms with Crippen molar-refractivity contribution in [1.82, 2.24) is 9.71 Å². The molecule has 5 heteroatoms. The average molecular weight is 312 g/mol. The molecule has 0 aliphatic carbocycles. The SMILES string of the molecule is O=S(=O)(NCc1ccc(-c2ccc[nH]2)cc1)c1ccccc1. The Morgan fingerprint density at radius 3 is 2.23 bits per heavy atom. The van der Waals surface area contributed by atoms with Crippen LogP contribution in [0.25, 0.3) is 11.3 Å². The second-order valence-electron chi connectivity index (χ2n) is 4.92. The molecule has 4 nitrogen and oxygen atoms in total.